The van der Waals surface area contributed by atoms with E-state index in [0.717, 1.165) is 12.0 Å². The van der Waals surface area contributed by atoms with Crippen LogP contribution in [0.3, 0.4) is 0 Å². The number of rotatable bonds is 2. The van der Waals surface area contributed by atoms with E-state index < -0.39 is 0 Å². The number of allylic oxidation sites excluding steroid dienone is 2. The number of carbonyl (C=O) groups excluding carboxylic acids is 2. The minimum atomic E-state index is -0.378. The molecule has 0 saturated heterocycles. The molecule has 0 unspecified atom stereocenters. The smallest absolute Gasteiger partial charge is 0.343 e. The molecule has 1 aliphatic rings. The Kier molecular flexibility index (Phi) is 3.60. The van der Waals surface area contributed by atoms with Gasteiger partial charge in [-0.2, -0.15) is 0 Å². The maximum atomic E-state index is 12.0. The third-order valence-electron chi connectivity index (χ3n) is 3.23. The van der Waals surface area contributed by atoms with Crippen molar-refractivity contribution in [3.8, 4) is 0 Å². The molecule has 3 nitrogen and oxygen atoms in total. The fourth-order valence-electron chi connectivity index (χ4n) is 2.04. The Morgan fingerprint density at radius 1 is 1.17 bits per heavy atom. The van der Waals surface area contributed by atoms with Gasteiger partial charge in [-0.15, -0.1) is 0 Å². The zero-order chi connectivity index (χ0) is 13.1. The number of benzene rings is 1. The lowest BCUT2D eigenvalue weighted by Crippen LogP contribution is -2.15. The molecule has 0 aliphatic heterocycles. The quantitative estimate of drug-likeness (QED) is 0.750. The highest BCUT2D eigenvalue weighted by atomic mass is 16.5. The summed E-state index contributed by atoms with van der Waals surface area (Å²) in [6.07, 6.45) is 1.97. The highest BCUT2D eigenvalue weighted by Gasteiger charge is 2.21. The maximum absolute atomic E-state index is 12.0. The van der Waals surface area contributed by atoms with Crippen LogP contribution in [0.5, 0.6) is 0 Å². The first-order chi connectivity index (χ1) is 8.59. The van der Waals surface area contributed by atoms with E-state index in [1.807, 2.05) is 19.1 Å². The topological polar surface area (TPSA) is 43.4 Å². The van der Waals surface area contributed by atoms with Crippen LogP contribution in [0.2, 0.25) is 0 Å². The Bertz CT molecular complexity index is 526. The molecule has 0 saturated carbocycles. The minimum Gasteiger partial charge on any atom is -0.427 e. The summed E-state index contributed by atoms with van der Waals surface area (Å²) in [5.74, 6) is 0.227. The van der Waals surface area contributed by atoms with E-state index in [0.29, 0.717) is 29.7 Å². The van der Waals surface area contributed by atoms with Gasteiger partial charge in [-0.1, -0.05) is 18.2 Å². The molecule has 1 aromatic rings. The summed E-state index contributed by atoms with van der Waals surface area (Å²) in [6.45, 7) is 3.59. The molecule has 0 atom stereocenters. The van der Waals surface area contributed by atoms with E-state index in [4.69, 9.17) is 4.74 Å². The van der Waals surface area contributed by atoms with Crippen molar-refractivity contribution < 1.29 is 14.3 Å². The van der Waals surface area contributed by atoms with E-state index in [1.165, 1.54) is 0 Å². The maximum Gasteiger partial charge on any atom is 0.343 e. The summed E-state index contributed by atoms with van der Waals surface area (Å²) in [4.78, 5) is 23.6. The molecule has 0 bridgehead atoms. The van der Waals surface area contributed by atoms with E-state index >= 15 is 0 Å². The van der Waals surface area contributed by atoms with Gasteiger partial charge in [0.1, 0.15) is 5.76 Å². The predicted octanol–water partition coefficient (Wildman–Crippen LogP) is 3.18. The molecule has 3 heteroatoms. The largest absolute Gasteiger partial charge is 0.427 e. The Morgan fingerprint density at radius 3 is 2.61 bits per heavy atom. The highest BCUT2D eigenvalue weighted by Crippen LogP contribution is 2.24. The summed E-state index contributed by atoms with van der Waals surface area (Å²) < 4.78 is 5.36. The molecule has 0 fully saturated rings. The standard InChI is InChI=1S/C15H16O3/c1-10-6-3-4-7-12(10)15(17)18-14-9-5-8-13(16)11(14)2/h3-4,6-7H,5,8-9H2,1-2H3. The minimum absolute atomic E-state index is 0.0776. The first-order valence-corrected chi connectivity index (χ1v) is 6.10. The molecule has 2 rings (SSSR count). The zero-order valence-corrected chi connectivity index (χ0v) is 10.7. The van der Waals surface area contributed by atoms with Crippen LogP contribution in [0, 0.1) is 6.92 Å². The van der Waals surface area contributed by atoms with Crippen molar-refractivity contribution in [2.75, 3.05) is 0 Å². The number of carbonyl (C=O) groups is 2. The predicted molar refractivity (Wildman–Crippen MR) is 68.2 cm³/mol. The highest BCUT2D eigenvalue weighted by molar-refractivity contribution is 5.97. The number of hydrogen-bond donors (Lipinski definition) is 0. The first kappa shape index (κ1) is 12.6. The molecule has 94 valence electrons. The summed E-state index contributed by atoms with van der Waals surface area (Å²) in [7, 11) is 0. The number of esters is 1. The fourth-order valence-corrected chi connectivity index (χ4v) is 2.04. The van der Waals surface area contributed by atoms with Gasteiger partial charge in [-0.25, -0.2) is 4.79 Å². The van der Waals surface area contributed by atoms with Gasteiger partial charge in [0.25, 0.3) is 0 Å². The third-order valence-corrected chi connectivity index (χ3v) is 3.23. The van der Waals surface area contributed by atoms with Crippen LogP contribution in [0.1, 0.15) is 42.1 Å². The van der Waals surface area contributed by atoms with Gasteiger partial charge in [-0.05, 0) is 31.9 Å². The van der Waals surface area contributed by atoms with Gasteiger partial charge in [0.2, 0.25) is 0 Å². The zero-order valence-electron chi connectivity index (χ0n) is 10.7. The number of ketones is 1. The van der Waals surface area contributed by atoms with Crippen molar-refractivity contribution >= 4 is 11.8 Å². The molecule has 0 N–H and O–H groups in total. The van der Waals surface area contributed by atoms with Crippen LogP contribution in [-0.4, -0.2) is 11.8 Å². The fraction of sp³-hybridized carbons (Fsp3) is 0.333. The van der Waals surface area contributed by atoms with Crippen molar-refractivity contribution in [2.24, 2.45) is 0 Å². The van der Waals surface area contributed by atoms with Crippen LogP contribution in [0.15, 0.2) is 35.6 Å². The lowest BCUT2D eigenvalue weighted by atomic mass is 9.97. The molecule has 0 amide bonds. The van der Waals surface area contributed by atoms with E-state index in [-0.39, 0.29) is 11.8 Å². The Hall–Kier alpha value is -1.90. The number of aryl methyl sites for hydroxylation is 1. The molecule has 0 radical (unpaired) electrons. The van der Waals surface area contributed by atoms with Gasteiger partial charge in [-0.3, -0.25) is 4.79 Å². The van der Waals surface area contributed by atoms with Crippen molar-refractivity contribution in [3.05, 3.63) is 46.7 Å². The van der Waals surface area contributed by atoms with E-state index in [1.54, 1.807) is 19.1 Å². The van der Waals surface area contributed by atoms with Crippen LogP contribution in [-0.2, 0) is 9.53 Å². The average Bonchev–Trinajstić information content (AvgIpc) is 2.35. The van der Waals surface area contributed by atoms with E-state index in [9.17, 15) is 9.59 Å². The second-order valence-corrected chi connectivity index (χ2v) is 4.53. The van der Waals surface area contributed by atoms with Crippen molar-refractivity contribution in [2.45, 2.75) is 33.1 Å². The molecular formula is C15H16O3. The molecule has 18 heavy (non-hydrogen) atoms. The molecule has 1 aromatic carbocycles. The SMILES string of the molecule is CC1=C(OC(=O)c2ccccc2C)CCCC1=O. The first-order valence-electron chi connectivity index (χ1n) is 6.10. The Labute approximate surface area is 106 Å². The summed E-state index contributed by atoms with van der Waals surface area (Å²) in [5, 5.41) is 0. The van der Waals surface area contributed by atoms with Crippen LogP contribution >= 0.6 is 0 Å². The van der Waals surface area contributed by atoms with Gasteiger partial charge in [0.05, 0.1) is 5.56 Å². The third kappa shape index (κ3) is 2.50. The van der Waals surface area contributed by atoms with Crippen LogP contribution in [0.4, 0.5) is 0 Å². The van der Waals surface area contributed by atoms with Crippen molar-refractivity contribution in [1.82, 2.24) is 0 Å². The van der Waals surface area contributed by atoms with Gasteiger partial charge in [0, 0.05) is 18.4 Å². The van der Waals surface area contributed by atoms with Crippen LogP contribution in [0.25, 0.3) is 0 Å². The number of ether oxygens (including phenoxy) is 1. The number of Topliss-reactive ketones (excluding diaryl/α,β-unsaturated/α-hetero) is 1. The van der Waals surface area contributed by atoms with E-state index in [2.05, 4.69) is 0 Å². The second kappa shape index (κ2) is 5.17. The molecule has 0 spiro atoms. The van der Waals surface area contributed by atoms with Crippen LogP contribution < -0.4 is 0 Å². The van der Waals surface area contributed by atoms with Gasteiger partial charge >= 0.3 is 5.97 Å². The Balaban J connectivity index is 2.20. The summed E-state index contributed by atoms with van der Waals surface area (Å²) >= 11 is 0. The number of hydrogen-bond acceptors (Lipinski definition) is 3. The molecular weight excluding hydrogens is 228 g/mol. The average molecular weight is 244 g/mol. The van der Waals surface area contributed by atoms with Crippen molar-refractivity contribution in [1.29, 1.82) is 0 Å². The lowest BCUT2D eigenvalue weighted by Gasteiger charge is -2.16. The Morgan fingerprint density at radius 2 is 1.89 bits per heavy atom. The lowest BCUT2D eigenvalue weighted by molar-refractivity contribution is -0.116. The van der Waals surface area contributed by atoms with Crippen molar-refractivity contribution in [3.63, 3.8) is 0 Å². The second-order valence-electron chi connectivity index (χ2n) is 4.53. The normalized spacial score (nSPS) is 15.8. The molecule has 1 aliphatic carbocycles. The molecule has 0 heterocycles. The summed E-state index contributed by atoms with van der Waals surface area (Å²) in [6, 6.07) is 7.28. The van der Waals surface area contributed by atoms with Gasteiger partial charge < -0.3 is 4.74 Å². The summed E-state index contributed by atoms with van der Waals surface area (Å²) in [5.41, 5.74) is 2.02. The van der Waals surface area contributed by atoms with Gasteiger partial charge in [0.15, 0.2) is 5.78 Å². The monoisotopic (exact) mass is 244 g/mol. The molecule has 0 aromatic heterocycles.